The van der Waals surface area contributed by atoms with E-state index in [2.05, 4.69) is 31.2 Å². The van der Waals surface area contributed by atoms with E-state index < -0.39 is 13.4 Å². The number of rotatable bonds is 32. The monoisotopic (exact) mass is 630 g/mol. The minimum absolute atomic E-state index is 0.000304. The molecule has 3 atom stereocenters. The molecule has 0 bridgehead atoms. The van der Waals surface area contributed by atoms with Crippen molar-refractivity contribution in [3.05, 3.63) is 24.3 Å². The molecule has 0 radical (unpaired) electrons. The summed E-state index contributed by atoms with van der Waals surface area (Å²) in [6.07, 6.45) is 35.1. The standard InChI is InChI=1S/C36H72NO5P/c1-7-9-10-11-12-13-14-15-16-17-18-19-20-21-22-23-24-25-26-27-28-29-30-32-41-33-35(40-6)34-42-43(38,39)36(31-8-2)37(3,4)5/h13-14,25-26,35-36H,7-12,15-24,27-34H2,1-6H3/b14-13-,26-25-/t35-,36?/m1/s1. The van der Waals surface area contributed by atoms with Crippen molar-refractivity contribution < 1.29 is 27.9 Å². The molecule has 0 aromatic carbocycles. The lowest BCUT2D eigenvalue weighted by atomic mass is 10.1. The molecule has 0 aliphatic rings. The van der Waals surface area contributed by atoms with E-state index in [-0.39, 0.29) is 12.7 Å². The van der Waals surface area contributed by atoms with Crippen LogP contribution in [0.5, 0.6) is 0 Å². The summed E-state index contributed by atoms with van der Waals surface area (Å²) in [5.74, 6) is -0.558. The molecule has 0 N–H and O–H groups in total. The molecule has 0 aromatic heterocycles. The quantitative estimate of drug-likeness (QED) is 0.0321. The molecule has 0 heterocycles. The Morgan fingerprint density at radius 3 is 1.51 bits per heavy atom. The largest absolute Gasteiger partial charge is 0.774 e. The average molecular weight is 630 g/mol. The van der Waals surface area contributed by atoms with Crippen LogP contribution in [0.25, 0.3) is 0 Å². The van der Waals surface area contributed by atoms with Gasteiger partial charge in [-0.3, -0.25) is 0 Å². The lowest BCUT2D eigenvalue weighted by Gasteiger charge is -2.41. The van der Waals surface area contributed by atoms with Gasteiger partial charge in [0, 0.05) is 20.1 Å². The highest BCUT2D eigenvalue weighted by Crippen LogP contribution is 2.48. The third kappa shape index (κ3) is 26.4. The van der Waals surface area contributed by atoms with Gasteiger partial charge in [-0.25, -0.2) is 0 Å². The number of hydrogen-bond donors (Lipinski definition) is 0. The van der Waals surface area contributed by atoms with Gasteiger partial charge in [-0.1, -0.05) is 102 Å². The average Bonchev–Trinajstić information content (AvgIpc) is 2.96. The van der Waals surface area contributed by atoms with Crippen LogP contribution in [0.2, 0.25) is 0 Å². The minimum Gasteiger partial charge on any atom is -0.774 e. The van der Waals surface area contributed by atoms with Gasteiger partial charge in [-0.15, -0.1) is 0 Å². The van der Waals surface area contributed by atoms with Crippen molar-refractivity contribution in [3.63, 3.8) is 0 Å². The van der Waals surface area contributed by atoms with Gasteiger partial charge in [0.15, 0.2) is 13.4 Å². The molecule has 0 saturated carbocycles. The van der Waals surface area contributed by atoms with Crippen LogP contribution >= 0.6 is 7.60 Å². The zero-order chi connectivity index (χ0) is 32.1. The molecule has 43 heavy (non-hydrogen) atoms. The molecule has 0 aliphatic heterocycles. The predicted octanol–water partition coefficient (Wildman–Crippen LogP) is 9.96. The number of hydrogen-bond acceptors (Lipinski definition) is 5. The second-order valence-corrected chi connectivity index (χ2v) is 15.1. The Kier molecular flexibility index (Phi) is 28.6. The van der Waals surface area contributed by atoms with Crippen LogP contribution < -0.4 is 4.89 Å². The molecule has 6 nitrogen and oxygen atoms in total. The van der Waals surface area contributed by atoms with Crippen molar-refractivity contribution in [1.82, 2.24) is 0 Å². The number of ether oxygens (including phenoxy) is 2. The van der Waals surface area contributed by atoms with E-state index in [1.165, 1.54) is 103 Å². The Morgan fingerprint density at radius 2 is 1.09 bits per heavy atom. The lowest BCUT2D eigenvalue weighted by molar-refractivity contribution is -0.884. The molecule has 0 fully saturated rings. The number of nitrogens with zero attached hydrogens (tertiary/aromatic N) is 1. The molecule has 0 aliphatic carbocycles. The summed E-state index contributed by atoms with van der Waals surface area (Å²) in [4.78, 5) is 12.8. The lowest BCUT2D eigenvalue weighted by Crippen LogP contribution is -2.47. The fourth-order valence-corrected chi connectivity index (χ4v) is 7.26. The molecule has 0 amide bonds. The van der Waals surface area contributed by atoms with Crippen LogP contribution in [0, 0.1) is 0 Å². The van der Waals surface area contributed by atoms with Crippen molar-refractivity contribution in [1.29, 1.82) is 0 Å². The first-order chi connectivity index (χ1) is 20.7. The fourth-order valence-electron chi connectivity index (χ4n) is 5.29. The smallest absolute Gasteiger partial charge is 0.193 e. The van der Waals surface area contributed by atoms with Crippen LogP contribution in [0.3, 0.4) is 0 Å². The van der Waals surface area contributed by atoms with Crippen molar-refractivity contribution in [2.75, 3.05) is 48.1 Å². The van der Waals surface area contributed by atoms with Gasteiger partial charge in [0.25, 0.3) is 0 Å². The summed E-state index contributed by atoms with van der Waals surface area (Å²) in [5, 5.41) is 0. The molecule has 7 heteroatoms. The first kappa shape index (κ1) is 42.5. The van der Waals surface area contributed by atoms with E-state index in [9.17, 15) is 9.46 Å². The zero-order valence-electron chi connectivity index (χ0n) is 29.4. The number of unbranched alkanes of at least 4 members (excludes halogenated alkanes) is 16. The molecule has 0 aromatic rings. The fraction of sp³-hybridized carbons (Fsp3) is 0.889. The molecule has 0 rings (SSSR count). The summed E-state index contributed by atoms with van der Waals surface area (Å²) in [6.45, 7) is 5.27. The van der Waals surface area contributed by atoms with Crippen molar-refractivity contribution in [2.45, 2.75) is 161 Å². The Labute approximate surface area is 268 Å². The highest BCUT2D eigenvalue weighted by molar-refractivity contribution is 7.51. The van der Waals surface area contributed by atoms with E-state index in [0.29, 0.717) is 24.1 Å². The van der Waals surface area contributed by atoms with E-state index in [1.54, 1.807) is 7.11 Å². The highest BCUT2D eigenvalue weighted by atomic mass is 31.2. The van der Waals surface area contributed by atoms with Gasteiger partial charge in [-0.2, -0.15) is 0 Å². The number of methoxy groups -OCH3 is 1. The molecular weight excluding hydrogens is 557 g/mol. The van der Waals surface area contributed by atoms with Crippen LogP contribution in [0.15, 0.2) is 24.3 Å². The maximum atomic E-state index is 12.8. The van der Waals surface area contributed by atoms with Crippen molar-refractivity contribution in [2.24, 2.45) is 0 Å². The van der Waals surface area contributed by atoms with Gasteiger partial charge in [0.1, 0.15) is 6.10 Å². The third-order valence-electron chi connectivity index (χ3n) is 8.09. The van der Waals surface area contributed by atoms with Crippen molar-refractivity contribution in [3.8, 4) is 0 Å². The van der Waals surface area contributed by atoms with Gasteiger partial charge in [0.2, 0.25) is 0 Å². The highest BCUT2D eigenvalue weighted by Gasteiger charge is 2.35. The maximum Gasteiger partial charge on any atom is 0.193 e. The topological polar surface area (TPSA) is 67.8 Å². The van der Waals surface area contributed by atoms with Gasteiger partial charge in [-0.05, 0) is 64.2 Å². The SMILES string of the molecule is CCCCCC/C=C\CCCCCCCCCC/C=C\CCCCCOC[C@H](COP(=O)([O-])C(CCC)[N+](C)(C)C)OC. The molecular formula is C36H72NO5P. The Balaban J connectivity index is 3.61. The summed E-state index contributed by atoms with van der Waals surface area (Å²) in [6, 6.07) is 0. The maximum absolute atomic E-state index is 12.8. The Morgan fingerprint density at radius 1 is 0.651 bits per heavy atom. The van der Waals surface area contributed by atoms with Crippen molar-refractivity contribution >= 4 is 7.60 Å². The van der Waals surface area contributed by atoms with E-state index in [4.69, 9.17) is 14.0 Å². The molecule has 2 unspecified atom stereocenters. The summed E-state index contributed by atoms with van der Waals surface area (Å²) in [5.41, 5.74) is 0. The van der Waals surface area contributed by atoms with E-state index in [0.717, 1.165) is 25.7 Å². The zero-order valence-corrected chi connectivity index (χ0v) is 30.3. The number of quaternary nitrogens is 1. The van der Waals surface area contributed by atoms with Gasteiger partial charge >= 0.3 is 0 Å². The van der Waals surface area contributed by atoms with Gasteiger partial charge in [0.05, 0.1) is 34.4 Å². The second kappa shape index (κ2) is 28.9. The predicted molar refractivity (Wildman–Crippen MR) is 184 cm³/mol. The minimum atomic E-state index is -4.01. The second-order valence-electron chi connectivity index (χ2n) is 13.2. The van der Waals surface area contributed by atoms with Crippen LogP contribution in [0.4, 0.5) is 0 Å². The molecule has 0 saturated heterocycles. The third-order valence-corrected chi connectivity index (χ3v) is 10.3. The van der Waals surface area contributed by atoms with Gasteiger partial charge < -0.3 is 27.9 Å². The first-order valence-electron chi connectivity index (χ1n) is 17.9. The Hall–Kier alpha value is -0.490. The summed E-state index contributed by atoms with van der Waals surface area (Å²) in [7, 11) is 3.23. The normalized spacial score (nSPS) is 15.4. The summed E-state index contributed by atoms with van der Waals surface area (Å²) >= 11 is 0. The van der Waals surface area contributed by atoms with Crippen LogP contribution in [-0.4, -0.2) is 64.4 Å². The molecule has 256 valence electrons. The number of allylic oxidation sites excluding steroid dienone is 4. The summed E-state index contributed by atoms with van der Waals surface area (Å²) < 4.78 is 29.6. The van der Waals surface area contributed by atoms with Crippen LogP contribution in [0.1, 0.15) is 149 Å². The molecule has 0 spiro atoms. The van der Waals surface area contributed by atoms with E-state index in [1.807, 2.05) is 28.1 Å². The van der Waals surface area contributed by atoms with E-state index >= 15 is 0 Å². The first-order valence-corrected chi connectivity index (χ1v) is 19.5. The Bertz CT molecular complexity index is 706. The van der Waals surface area contributed by atoms with Crippen LogP contribution in [-0.2, 0) is 18.6 Å².